The highest BCUT2D eigenvalue weighted by Gasteiger charge is 2.02. The van der Waals surface area contributed by atoms with E-state index in [1.807, 2.05) is 24.3 Å². The van der Waals surface area contributed by atoms with Gasteiger partial charge < -0.3 is 5.11 Å². The summed E-state index contributed by atoms with van der Waals surface area (Å²) in [7, 11) is 0. The van der Waals surface area contributed by atoms with E-state index in [-0.39, 0.29) is 6.61 Å². The molecule has 18 heavy (non-hydrogen) atoms. The van der Waals surface area contributed by atoms with Gasteiger partial charge in [0.05, 0.1) is 6.07 Å². The number of aliphatic hydroxyl groups excluding tert-OH is 1. The van der Waals surface area contributed by atoms with E-state index in [2.05, 4.69) is 29.7 Å². The van der Waals surface area contributed by atoms with Gasteiger partial charge in [0.2, 0.25) is 0 Å². The van der Waals surface area contributed by atoms with Crippen molar-refractivity contribution < 1.29 is 5.11 Å². The Labute approximate surface area is 109 Å². The Morgan fingerprint density at radius 2 is 2.00 bits per heavy atom. The summed E-state index contributed by atoms with van der Waals surface area (Å²) in [5.41, 5.74) is 2.12. The summed E-state index contributed by atoms with van der Waals surface area (Å²) in [6.45, 7) is 4.58. The molecule has 0 aromatic heterocycles. The van der Waals surface area contributed by atoms with E-state index < -0.39 is 0 Å². The highest BCUT2D eigenvalue weighted by atomic mass is 16.2. The van der Waals surface area contributed by atoms with Crippen molar-refractivity contribution in [2.24, 2.45) is 0 Å². The van der Waals surface area contributed by atoms with Crippen LogP contribution in [0, 0.1) is 23.2 Å². The van der Waals surface area contributed by atoms with Gasteiger partial charge in [-0.1, -0.05) is 30.9 Å². The first-order valence-corrected chi connectivity index (χ1v) is 6.08. The Morgan fingerprint density at radius 3 is 2.56 bits per heavy atom. The molecule has 0 atom stereocenters. The van der Waals surface area contributed by atoms with E-state index in [0.29, 0.717) is 6.42 Å². The number of nitriles is 1. The van der Waals surface area contributed by atoms with Crippen molar-refractivity contribution in [2.75, 3.05) is 19.7 Å². The largest absolute Gasteiger partial charge is 0.384 e. The quantitative estimate of drug-likeness (QED) is 0.800. The smallest absolute Gasteiger partial charge is 0.104 e. The molecule has 1 N–H and O–H groups in total. The summed E-state index contributed by atoms with van der Waals surface area (Å²) in [5, 5.41) is 17.2. The second-order valence-corrected chi connectivity index (χ2v) is 3.93. The molecular weight excluding hydrogens is 224 g/mol. The van der Waals surface area contributed by atoms with E-state index in [1.165, 1.54) is 5.56 Å². The molecule has 0 saturated heterocycles. The first-order valence-electron chi connectivity index (χ1n) is 6.08. The van der Waals surface area contributed by atoms with Gasteiger partial charge >= 0.3 is 0 Å². The Balaban J connectivity index is 2.59. The minimum Gasteiger partial charge on any atom is -0.384 e. The molecule has 0 fully saturated rings. The van der Waals surface area contributed by atoms with E-state index in [0.717, 1.165) is 25.2 Å². The summed E-state index contributed by atoms with van der Waals surface area (Å²) in [6, 6.07) is 10.2. The maximum Gasteiger partial charge on any atom is 0.104 e. The zero-order valence-corrected chi connectivity index (χ0v) is 10.7. The van der Waals surface area contributed by atoms with Gasteiger partial charge in [0, 0.05) is 25.1 Å². The van der Waals surface area contributed by atoms with E-state index >= 15 is 0 Å². The van der Waals surface area contributed by atoms with Crippen LogP contribution in [0.3, 0.4) is 0 Å². The Hall–Kier alpha value is -1.81. The molecule has 3 heteroatoms. The van der Waals surface area contributed by atoms with E-state index in [4.69, 9.17) is 10.4 Å². The zero-order valence-electron chi connectivity index (χ0n) is 10.7. The fourth-order valence-corrected chi connectivity index (χ4v) is 1.65. The van der Waals surface area contributed by atoms with Crippen molar-refractivity contribution in [3.8, 4) is 17.9 Å². The third kappa shape index (κ3) is 5.01. The highest BCUT2D eigenvalue weighted by Crippen LogP contribution is 2.07. The number of rotatable bonds is 5. The number of benzene rings is 1. The minimum absolute atomic E-state index is 0.112. The maximum absolute atomic E-state index is 8.61. The van der Waals surface area contributed by atoms with Crippen molar-refractivity contribution in [1.82, 2.24) is 4.90 Å². The first-order chi connectivity index (χ1) is 8.80. The molecule has 94 valence electrons. The van der Waals surface area contributed by atoms with Crippen LogP contribution in [0.4, 0.5) is 0 Å². The molecule has 0 bridgehead atoms. The number of nitrogens with zero attached hydrogens (tertiary/aromatic N) is 2. The minimum atomic E-state index is -0.112. The van der Waals surface area contributed by atoms with Crippen LogP contribution in [0.2, 0.25) is 0 Å². The van der Waals surface area contributed by atoms with Crippen LogP contribution >= 0.6 is 0 Å². The van der Waals surface area contributed by atoms with Crippen molar-refractivity contribution in [3.05, 3.63) is 35.4 Å². The number of aliphatic hydroxyl groups is 1. The Bertz CT molecular complexity index is 448. The van der Waals surface area contributed by atoms with Crippen LogP contribution in [0.5, 0.6) is 0 Å². The molecule has 0 heterocycles. The number of hydrogen-bond acceptors (Lipinski definition) is 3. The van der Waals surface area contributed by atoms with Gasteiger partial charge in [-0.3, -0.25) is 4.90 Å². The van der Waals surface area contributed by atoms with Gasteiger partial charge in [-0.15, -0.1) is 0 Å². The van der Waals surface area contributed by atoms with Crippen LogP contribution in [0.15, 0.2) is 24.3 Å². The third-order valence-corrected chi connectivity index (χ3v) is 2.66. The molecule has 0 aliphatic carbocycles. The van der Waals surface area contributed by atoms with Gasteiger partial charge in [-0.05, 0) is 24.2 Å². The van der Waals surface area contributed by atoms with Crippen molar-refractivity contribution in [2.45, 2.75) is 19.9 Å². The molecule has 0 aliphatic rings. The Morgan fingerprint density at radius 1 is 1.28 bits per heavy atom. The molecule has 0 radical (unpaired) electrons. The molecule has 1 aromatic carbocycles. The van der Waals surface area contributed by atoms with Gasteiger partial charge in [0.15, 0.2) is 0 Å². The first kappa shape index (κ1) is 14.3. The standard InChI is InChI=1S/C15H18N2O/c1-2-17(11-4-10-16)13-15-8-6-14(7-9-15)5-3-12-18/h6-9,18H,2,4,11-13H2,1H3. The van der Waals surface area contributed by atoms with E-state index in [9.17, 15) is 0 Å². The van der Waals surface area contributed by atoms with E-state index in [1.54, 1.807) is 0 Å². The lowest BCUT2D eigenvalue weighted by molar-refractivity contribution is 0.287. The van der Waals surface area contributed by atoms with Crippen LogP contribution in [0.25, 0.3) is 0 Å². The normalized spacial score (nSPS) is 9.67. The third-order valence-electron chi connectivity index (χ3n) is 2.66. The predicted molar refractivity (Wildman–Crippen MR) is 71.6 cm³/mol. The summed E-state index contributed by atoms with van der Waals surface area (Å²) in [6.07, 6.45) is 0.563. The molecule has 0 amide bonds. The van der Waals surface area contributed by atoms with Gasteiger partial charge in [0.25, 0.3) is 0 Å². The molecule has 0 spiro atoms. The number of hydrogen-bond donors (Lipinski definition) is 1. The monoisotopic (exact) mass is 242 g/mol. The average molecular weight is 242 g/mol. The second-order valence-electron chi connectivity index (χ2n) is 3.93. The highest BCUT2D eigenvalue weighted by molar-refractivity contribution is 5.36. The topological polar surface area (TPSA) is 47.3 Å². The summed E-state index contributed by atoms with van der Waals surface area (Å²) in [4.78, 5) is 2.23. The average Bonchev–Trinajstić information content (AvgIpc) is 2.42. The molecule has 1 rings (SSSR count). The summed E-state index contributed by atoms with van der Waals surface area (Å²) in [5.74, 6) is 5.49. The molecule has 1 aromatic rings. The van der Waals surface area contributed by atoms with Crippen LogP contribution in [-0.4, -0.2) is 29.7 Å². The summed E-state index contributed by atoms with van der Waals surface area (Å²) < 4.78 is 0. The lowest BCUT2D eigenvalue weighted by Crippen LogP contribution is -2.23. The van der Waals surface area contributed by atoms with Crippen molar-refractivity contribution in [3.63, 3.8) is 0 Å². The van der Waals surface area contributed by atoms with Crippen LogP contribution in [0.1, 0.15) is 24.5 Å². The van der Waals surface area contributed by atoms with Crippen LogP contribution in [-0.2, 0) is 6.54 Å². The fourth-order valence-electron chi connectivity index (χ4n) is 1.65. The summed E-state index contributed by atoms with van der Waals surface area (Å²) >= 11 is 0. The Kier molecular flexibility index (Phi) is 6.58. The fraction of sp³-hybridized carbons (Fsp3) is 0.400. The van der Waals surface area contributed by atoms with Crippen molar-refractivity contribution >= 4 is 0 Å². The molecule has 0 saturated carbocycles. The second kappa shape index (κ2) is 8.31. The molecule has 0 unspecified atom stereocenters. The molecule has 0 aliphatic heterocycles. The molecular formula is C15H18N2O. The zero-order chi connectivity index (χ0) is 13.2. The van der Waals surface area contributed by atoms with Gasteiger partial charge in [0.1, 0.15) is 6.61 Å². The van der Waals surface area contributed by atoms with Crippen molar-refractivity contribution in [1.29, 1.82) is 5.26 Å². The van der Waals surface area contributed by atoms with Gasteiger partial charge in [-0.2, -0.15) is 5.26 Å². The predicted octanol–water partition coefficient (Wildman–Crippen LogP) is 1.77. The maximum atomic E-state index is 8.61. The lowest BCUT2D eigenvalue weighted by atomic mass is 10.1. The van der Waals surface area contributed by atoms with Crippen LogP contribution < -0.4 is 0 Å². The SMILES string of the molecule is CCN(CCC#N)Cc1ccc(C#CCO)cc1. The lowest BCUT2D eigenvalue weighted by Gasteiger charge is -2.18. The van der Waals surface area contributed by atoms with Gasteiger partial charge in [-0.25, -0.2) is 0 Å². The molecule has 3 nitrogen and oxygen atoms in total.